The molecule has 6 nitrogen and oxygen atoms in total. The molecule has 0 fully saturated rings. The van der Waals surface area contributed by atoms with Gasteiger partial charge in [0.25, 0.3) is 0 Å². The van der Waals surface area contributed by atoms with Crippen LogP contribution in [0.1, 0.15) is 27.8 Å². The average Bonchev–Trinajstić information content (AvgIpc) is 3.73. The van der Waals surface area contributed by atoms with E-state index in [0.29, 0.717) is 11.5 Å². The quantitative estimate of drug-likeness (QED) is 0.144. The molecule has 7 aromatic rings. The van der Waals surface area contributed by atoms with Crippen molar-refractivity contribution < 1.29 is 25.8 Å². The van der Waals surface area contributed by atoms with Gasteiger partial charge in [-0.25, -0.2) is 4.98 Å². The number of benzene rings is 5. The van der Waals surface area contributed by atoms with Crippen LogP contribution in [0.4, 0.5) is 17.2 Å². The summed E-state index contributed by atoms with van der Waals surface area (Å²) in [5.74, 6) is 1.93. The zero-order valence-electron chi connectivity index (χ0n) is 27.5. The van der Waals surface area contributed by atoms with Crippen LogP contribution in [0.5, 0.6) is 11.5 Å². The fourth-order valence-corrected chi connectivity index (χ4v) is 6.30. The SMILES string of the molecule is Cc1cc(C)c(-n2cnc(N(c3[c-]c(Oc4[c-]c(-c5cn(-c6c(C)cccc6C)cn5)ccc4)ccc3)c3ccccc3)c2)c(C)c1.[Pt+2]. The van der Waals surface area contributed by atoms with Gasteiger partial charge in [0.05, 0.1) is 23.9 Å². The van der Waals surface area contributed by atoms with Gasteiger partial charge in [-0.2, -0.15) is 6.07 Å². The summed E-state index contributed by atoms with van der Waals surface area (Å²) in [7, 11) is 0. The van der Waals surface area contributed by atoms with Crippen molar-refractivity contribution in [3.63, 3.8) is 0 Å². The standard InChI is InChI=1S/C41H35N5O.Pt/c1-28-20-31(4)41(32(5)21-28)45-25-39(43-27-45)46(34-15-7-6-8-16-34)35-17-11-19-37(23-35)47-36-18-10-14-33(22-36)38-24-44(26-42-38)40-29(2)12-9-13-30(40)3;/h6-21,24-27H,1-5H3;/q-2;+2. The van der Waals surface area contributed by atoms with Gasteiger partial charge in [0, 0.05) is 22.9 Å². The Hall–Kier alpha value is -5.19. The predicted molar refractivity (Wildman–Crippen MR) is 189 cm³/mol. The Morgan fingerprint density at radius 3 is 1.94 bits per heavy atom. The van der Waals surface area contributed by atoms with E-state index in [0.717, 1.165) is 39.8 Å². The molecule has 2 heterocycles. The summed E-state index contributed by atoms with van der Waals surface area (Å²) in [5, 5.41) is 0. The zero-order valence-corrected chi connectivity index (χ0v) is 29.8. The maximum Gasteiger partial charge on any atom is 2.00 e. The molecule has 0 amide bonds. The first-order chi connectivity index (χ1) is 22.8. The molecule has 0 saturated heterocycles. The molecule has 0 spiro atoms. The van der Waals surface area contributed by atoms with Crippen molar-refractivity contribution in [1.82, 2.24) is 19.1 Å². The van der Waals surface area contributed by atoms with Gasteiger partial charge in [-0.15, -0.1) is 42.0 Å². The molecule has 0 atom stereocenters. The van der Waals surface area contributed by atoms with Crippen LogP contribution in [0.3, 0.4) is 0 Å². The molecule has 2 aromatic heterocycles. The molecule has 0 saturated carbocycles. The molecule has 0 N–H and O–H groups in total. The van der Waals surface area contributed by atoms with E-state index in [9.17, 15) is 0 Å². The van der Waals surface area contributed by atoms with Crippen LogP contribution in [0.15, 0.2) is 122 Å². The molecule has 7 rings (SSSR count). The topological polar surface area (TPSA) is 48.1 Å². The van der Waals surface area contributed by atoms with Gasteiger partial charge >= 0.3 is 21.1 Å². The fraction of sp³-hybridized carbons (Fsp3) is 0.122. The van der Waals surface area contributed by atoms with Gasteiger partial charge < -0.3 is 18.8 Å². The zero-order chi connectivity index (χ0) is 32.5. The number of hydrogen-bond acceptors (Lipinski definition) is 4. The van der Waals surface area contributed by atoms with Crippen LogP contribution in [0.25, 0.3) is 22.6 Å². The van der Waals surface area contributed by atoms with Crippen molar-refractivity contribution in [2.75, 3.05) is 4.90 Å². The fourth-order valence-electron chi connectivity index (χ4n) is 6.30. The second-order valence-corrected chi connectivity index (χ2v) is 11.9. The number of rotatable bonds is 8. The Morgan fingerprint density at radius 2 is 1.21 bits per heavy atom. The van der Waals surface area contributed by atoms with Crippen molar-refractivity contribution >= 4 is 17.2 Å². The van der Waals surface area contributed by atoms with Gasteiger partial charge in [0.2, 0.25) is 0 Å². The summed E-state index contributed by atoms with van der Waals surface area (Å²) in [5.41, 5.74) is 11.8. The number of imidazole rings is 2. The first-order valence-electron chi connectivity index (χ1n) is 15.6. The number of ether oxygens (including phenoxy) is 1. The monoisotopic (exact) mass is 808 g/mol. The minimum absolute atomic E-state index is 0. The number of para-hydroxylation sites is 2. The van der Waals surface area contributed by atoms with Gasteiger partial charge in [-0.1, -0.05) is 65.8 Å². The molecule has 0 aliphatic carbocycles. The summed E-state index contributed by atoms with van der Waals surface area (Å²) in [6.45, 7) is 10.6. The van der Waals surface area contributed by atoms with E-state index in [-0.39, 0.29) is 21.1 Å². The largest absolute Gasteiger partial charge is 2.00 e. The Labute approximate surface area is 296 Å². The van der Waals surface area contributed by atoms with E-state index in [4.69, 9.17) is 9.72 Å². The summed E-state index contributed by atoms with van der Waals surface area (Å²) < 4.78 is 10.5. The first kappa shape index (κ1) is 32.7. The third-order valence-electron chi connectivity index (χ3n) is 8.24. The Bertz CT molecular complexity index is 2160. The first-order valence-corrected chi connectivity index (χ1v) is 15.6. The van der Waals surface area contributed by atoms with Crippen molar-refractivity contribution in [3.8, 4) is 34.1 Å². The van der Waals surface area contributed by atoms with Gasteiger partial charge in [0.1, 0.15) is 6.33 Å². The van der Waals surface area contributed by atoms with Crippen LogP contribution in [-0.4, -0.2) is 19.1 Å². The number of aryl methyl sites for hydroxylation is 5. The molecule has 0 radical (unpaired) electrons. The van der Waals surface area contributed by atoms with Gasteiger partial charge in [-0.05, 0) is 75.2 Å². The third kappa shape index (κ3) is 6.62. The Morgan fingerprint density at radius 1 is 0.604 bits per heavy atom. The summed E-state index contributed by atoms with van der Waals surface area (Å²) in [6.07, 6.45) is 7.82. The van der Waals surface area contributed by atoms with Gasteiger partial charge in [-0.3, -0.25) is 4.98 Å². The third-order valence-corrected chi connectivity index (χ3v) is 8.24. The smallest absolute Gasteiger partial charge is 0.503 e. The van der Waals surface area contributed by atoms with Crippen LogP contribution in [-0.2, 0) is 21.1 Å². The van der Waals surface area contributed by atoms with Crippen molar-refractivity contribution in [1.29, 1.82) is 0 Å². The molecular formula is C41H35N5OPt. The minimum Gasteiger partial charge on any atom is -0.503 e. The van der Waals surface area contributed by atoms with E-state index in [2.05, 4.69) is 114 Å². The molecule has 0 unspecified atom stereocenters. The summed E-state index contributed by atoms with van der Waals surface area (Å²) >= 11 is 0. The summed E-state index contributed by atoms with van der Waals surface area (Å²) in [4.78, 5) is 11.6. The predicted octanol–water partition coefficient (Wildman–Crippen LogP) is 10.1. The number of nitrogens with zero attached hydrogens (tertiary/aromatic N) is 5. The Balaban J connectivity index is 0.00000401. The van der Waals surface area contributed by atoms with Crippen LogP contribution >= 0.6 is 0 Å². The Kier molecular flexibility index (Phi) is 9.47. The number of anilines is 3. The molecular weight excluding hydrogens is 774 g/mol. The molecule has 48 heavy (non-hydrogen) atoms. The van der Waals surface area contributed by atoms with Crippen LogP contribution < -0.4 is 9.64 Å². The molecule has 0 aliphatic rings. The summed E-state index contributed by atoms with van der Waals surface area (Å²) in [6, 6.07) is 39.5. The average molecular weight is 809 g/mol. The van der Waals surface area contributed by atoms with Crippen molar-refractivity contribution in [2.45, 2.75) is 34.6 Å². The van der Waals surface area contributed by atoms with Crippen LogP contribution in [0, 0.1) is 46.8 Å². The maximum atomic E-state index is 6.35. The number of hydrogen-bond donors (Lipinski definition) is 0. The second kappa shape index (κ2) is 13.9. The van der Waals surface area contributed by atoms with Gasteiger partial charge in [0.15, 0.2) is 5.82 Å². The van der Waals surface area contributed by atoms with E-state index in [1.165, 1.54) is 27.8 Å². The van der Waals surface area contributed by atoms with E-state index in [1.807, 2.05) is 73.4 Å². The second-order valence-electron chi connectivity index (χ2n) is 11.9. The molecule has 5 aromatic carbocycles. The number of aromatic nitrogens is 4. The van der Waals surface area contributed by atoms with Crippen molar-refractivity contribution in [2.24, 2.45) is 0 Å². The molecule has 240 valence electrons. The molecule has 0 aliphatic heterocycles. The molecule has 0 bridgehead atoms. The van der Waals surface area contributed by atoms with Crippen molar-refractivity contribution in [3.05, 3.63) is 162 Å². The molecule has 7 heteroatoms. The van der Waals surface area contributed by atoms with E-state index < -0.39 is 0 Å². The van der Waals surface area contributed by atoms with Crippen LogP contribution in [0.2, 0.25) is 0 Å². The minimum atomic E-state index is 0. The normalized spacial score (nSPS) is 10.9. The maximum absolute atomic E-state index is 6.35. The van der Waals surface area contributed by atoms with E-state index >= 15 is 0 Å². The van der Waals surface area contributed by atoms with E-state index in [1.54, 1.807) is 0 Å².